The second-order valence-electron chi connectivity index (χ2n) is 5.83. The summed E-state index contributed by atoms with van der Waals surface area (Å²) in [5.74, 6) is 0.771. The second-order valence-corrected chi connectivity index (χ2v) is 5.83. The van der Waals surface area contributed by atoms with Gasteiger partial charge in [0.1, 0.15) is 0 Å². The van der Waals surface area contributed by atoms with Crippen molar-refractivity contribution in [3.63, 3.8) is 0 Å². The first-order valence-corrected chi connectivity index (χ1v) is 6.70. The van der Waals surface area contributed by atoms with Gasteiger partial charge in [0.05, 0.1) is 12.2 Å². The number of hydrogen-bond acceptors (Lipinski definition) is 3. The minimum Gasteiger partial charge on any atom is -0.395 e. The highest BCUT2D eigenvalue weighted by Gasteiger charge is 2.37. The smallest absolute Gasteiger partial charge is 0.0774 e. The lowest BCUT2D eigenvalue weighted by Gasteiger charge is -2.38. The molecule has 2 rings (SSSR count). The molecule has 16 heavy (non-hydrogen) atoms. The maximum absolute atomic E-state index is 10.5. The molecule has 0 atom stereocenters. The minimum atomic E-state index is -0.482. The Hall–Kier alpha value is -0.120. The molecular formula is C13H25NO2. The highest BCUT2D eigenvalue weighted by molar-refractivity contribution is 4.92. The van der Waals surface area contributed by atoms with Gasteiger partial charge in [-0.1, -0.05) is 6.92 Å². The first-order chi connectivity index (χ1) is 7.63. The van der Waals surface area contributed by atoms with E-state index >= 15 is 0 Å². The molecule has 0 saturated heterocycles. The lowest BCUT2D eigenvalue weighted by molar-refractivity contribution is -0.0391. The van der Waals surface area contributed by atoms with E-state index < -0.39 is 5.60 Å². The van der Waals surface area contributed by atoms with Crippen LogP contribution in [0.2, 0.25) is 0 Å². The van der Waals surface area contributed by atoms with Crippen molar-refractivity contribution < 1.29 is 10.2 Å². The SMILES string of the molecule is CC1CCC(O)(CN(CCO)C2CC2)CC1. The molecule has 3 nitrogen and oxygen atoms in total. The van der Waals surface area contributed by atoms with Gasteiger partial charge in [0, 0.05) is 19.1 Å². The van der Waals surface area contributed by atoms with Crippen molar-refractivity contribution in [3.05, 3.63) is 0 Å². The van der Waals surface area contributed by atoms with Crippen molar-refractivity contribution in [2.45, 2.75) is 57.1 Å². The topological polar surface area (TPSA) is 43.7 Å². The van der Waals surface area contributed by atoms with Crippen molar-refractivity contribution >= 4 is 0 Å². The first kappa shape index (κ1) is 12.3. The molecule has 0 aromatic carbocycles. The first-order valence-electron chi connectivity index (χ1n) is 6.70. The predicted octanol–water partition coefficient (Wildman–Crippen LogP) is 1.38. The Bertz CT molecular complexity index is 220. The molecule has 0 aliphatic heterocycles. The molecule has 0 unspecified atom stereocenters. The zero-order valence-electron chi connectivity index (χ0n) is 10.4. The Labute approximate surface area is 98.5 Å². The van der Waals surface area contributed by atoms with Crippen LogP contribution in [0.5, 0.6) is 0 Å². The quantitative estimate of drug-likeness (QED) is 0.746. The fourth-order valence-electron chi connectivity index (χ4n) is 2.79. The normalized spacial score (nSPS) is 35.6. The van der Waals surface area contributed by atoms with E-state index in [1.54, 1.807) is 0 Å². The molecule has 0 radical (unpaired) electrons. The van der Waals surface area contributed by atoms with Crippen LogP contribution in [0.3, 0.4) is 0 Å². The van der Waals surface area contributed by atoms with Gasteiger partial charge in [0.2, 0.25) is 0 Å². The van der Waals surface area contributed by atoms with Gasteiger partial charge in [-0.05, 0) is 44.4 Å². The summed E-state index contributed by atoms with van der Waals surface area (Å²) in [7, 11) is 0. The lowest BCUT2D eigenvalue weighted by atomic mass is 9.79. The Kier molecular flexibility index (Phi) is 3.88. The van der Waals surface area contributed by atoms with Crippen molar-refractivity contribution in [1.82, 2.24) is 4.90 Å². The second kappa shape index (κ2) is 5.03. The van der Waals surface area contributed by atoms with Crippen molar-refractivity contribution in [2.75, 3.05) is 19.7 Å². The summed E-state index contributed by atoms with van der Waals surface area (Å²) < 4.78 is 0. The third-order valence-electron chi connectivity index (χ3n) is 4.15. The largest absolute Gasteiger partial charge is 0.395 e. The van der Waals surface area contributed by atoms with Crippen LogP contribution in [0.15, 0.2) is 0 Å². The monoisotopic (exact) mass is 227 g/mol. The summed E-state index contributed by atoms with van der Waals surface area (Å²) >= 11 is 0. The van der Waals surface area contributed by atoms with E-state index in [9.17, 15) is 5.11 Å². The molecule has 0 amide bonds. The van der Waals surface area contributed by atoms with Crippen LogP contribution in [0.1, 0.15) is 45.4 Å². The molecule has 2 aliphatic rings. The van der Waals surface area contributed by atoms with E-state index in [-0.39, 0.29) is 6.61 Å². The van der Waals surface area contributed by atoms with Crippen LogP contribution >= 0.6 is 0 Å². The Balaban J connectivity index is 1.85. The van der Waals surface area contributed by atoms with Gasteiger partial charge in [0.15, 0.2) is 0 Å². The fraction of sp³-hybridized carbons (Fsp3) is 1.00. The minimum absolute atomic E-state index is 0.211. The van der Waals surface area contributed by atoms with E-state index in [0.29, 0.717) is 6.04 Å². The Morgan fingerprint density at radius 1 is 1.19 bits per heavy atom. The molecule has 94 valence electrons. The molecule has 2 fully saturated rings. The molecule has 2 N–H and O–H groups in total. The molecule has 0 heterocycles. The molecule has 2 saturated carbocycles. The zero-order valence-corrected chi connectivity index (χ0v) is 10.4. The van der Waals surface area contributed by atoms with Gasteiger partial charge in [-0.3, -0.25) is 4.90 Å². The summed E-state index contributed by atoms with van der Waals surface area (Å²) in [5, 5.41) is 19.6. The molecule has 0 bridgehead atoms. The number of nitrogens with zero attached hydrogens (tertiary/aromatic N) is 1. The summed E-state index contributed by atoms with van der Waals surface area (Å²) in [4.78, 5) is 2.29. The summed E-state index contributed by atoms with van der Waals surface area (Å²) in [6.07, 6.45) is 6.65. The van der Waals surface area contributed by atoms with Gasteiger partial charge in [0.25, 0.3) is 0 Å². The Morgan fingerprint density at radius 3 is 2.31 bits per heavy atom. The number of hydrogen-bond donors (Lipinski definition) is 2. The molecule has 2 aliphatic carbocycles. The van der Waals surface area contributed by atoms with Gasteiger partial charge in [-0.2, -0.15) is 0 Å². The van der Waals surface area contributed by atoms with E-state index in [2.05, 4.69) is 11.8 Å². The molecular weight excluding hydrogens is 202 g/mol. The van der Waals surface area contributed by atoms with Crippen LogP contribution in [-0.2, 0) is 0 Å². The molecule has 0 aromatic heterocycles. The highest BCUT2D eigenvalue weighted by Crippen LogP contribution is 2.35. The average molecular weight is 227 g/mol. The van der Waals surface area contributed by atoms with Gasteiger partial charge >= 0.3 is 0 Å². The molecule has 0 spiro atoms. The predicted molar refractivity (Wildman–Crippen MR) is 64.3 cm³/mol. The van der Waals surface area contributed by atoms with E-state index in [1.807, 2.05) is 0 Å². The molecule has 0 aromatic rings. The van der Waals surface area contributed by atoms with Crippen LogP contribution < -0.4 is 0 Å². The maximum atomic E-state index is 10.5. The van der Waals surface area contributed by atoms with E-state index in [4.69, 9.17) is 5.11 Å². The van der Waals surface area contributed by atoms with Crippen LogP contribution in [-0.4, -0.2) is 46.5 Å². The molecule has 3 heteroatoms. The van der Waals surface area contributed by atoms with Crippen LogP contribution in [0, 0.1) is 5.92 Å². The summed E-state index contributed by atoms with van der Waals surface area (Å²) in [6.45, 7) is 3.97. The van der Waals surface area contributed by atoms with E-state index in [1.165, 1.54) is 12.8 Å². The van der Waals surface area contributed by atoms with Gasteiger partial charge in [-0.15, -0.1) is 0 Å². The zero-order chi connectivity index (χ0) is 11.6. The summed E-state index contributed by atoms with van der Waals surface area (Å²) in [5.41, 5.74) is -0.482. The van der Waals surface area contributed by atoms with Gasteiger partial charge < -0.3 is 10.2 Å². The van der Waals surface area contributed by atoms with E-state index in [0.717, 1.165) is 44.7 Å². The van der Waals surface area contributed by atoms with Crippen LogP contribution in [0.25, 0.3) is 0 Å². The average Bonchev–Trinajstić information content (AvgIpc) is 3.06. The van der Waals surface area contributed by atoms with Crippen molar-refractivity contribution in [1.29, 1.82) is 0 Å². The van der Waals surface area contributed by atoms with Crippen molar-refractivity contribution in [3.8, 4) is 0 Å². The van der Waals surface area contributed by atoms with Crippen molar-refractivity contribution in [2.24, 2.45) is 5.92 Å². The number of rotatable bonds is 5. The maximum Gasteiger partial charge on any atom is 0.0774 e. The van der Waals surface area contributed by atoms with Gasteiger partial charge in [-0.25, -0.2) is 0 Å². The Morgan fingerprint density at radius 2 is 1.81 bits per heavy atom. The number of aliphatic hydroxyl groups excluding tert-OH is 1. The third-order valence-corrected chi connectivity index (χ3v) is 4.15. The third kappa shape index (κ3) is 3.19. The van der Waals surface area contributed by atoms with Crippen LogP contribution in [0.4, 0.5) is 0 Å². The standard InChI is InChI=1S/C13H25NO2/c1-11-4-6-13(16,7-5-11)10-14(8-9-15)12-2-3-12/h11-12,15-16H,2-10H2,1H3. The number of aliphatic hydroxyl groups is 2. The highest BCUT2D eigenvalue weighted by atomic mass is 16.3. The lowest BCUT2D eigenvalue weighted by Crippen LogP contribution is -2.47. The summed E-state index contributed by atoms with van der Waals surface area (Å²) in [6, 6.07) is 0.635. The fourth-order valence-corrected chi connectivity index (χ4v) is 2.79.